The molecular weight excluding hydrogens is 379 g/mol. The summed E-state index contributed by atoms with van der Waals surface area (Å²) in [4.78, 5) is 0. The normalized spacial score (nSPS) is 22.6. The van der Waals surface area contributed by atoms with Crippen molar-refractivity contribution in [3.63, 3.8) is 0 Å². The minimum Gasteiger partial charge on any atom is -0.472 e. The zero-order valence-corrected chi connectivity index (χ0v) is 12.2. The second kappa shape index (κ2) is 4.59. The number of ether oxygens (including phenoxy) is 1. The molecule has 0 radical (unpaired) electrons. The van der Waals surface area contributed by atoms with Crippen molar-refractivity contribution in [1.82, 2.24) is 0 Å². The Hall–Kier alpha value is -0.430. The van der Waals surface area contributed by atoms with Gasteiger partial charge in [0, 0.05) is 10.6 Å². The summed E-state index contributed by atoms with van der Waals surface area (Å²) in [6, 6.07) is 3.17. The Balaban J connectivity index is 2.53. The van der Waals surface area contributed by atoms with E-state index in [0.29, 0.717) is 14.2 Å². The molecule has 1 aromatic rings. The van der Waals surface area contributed by atoms with E-state index in [1.54, 1.807) is 12.1 Å². The summed E-state index contributed by atoms with van der Waals surface area (Å²) in [5.74, 6) is 0.238. The van der Waals surface area contributed by atoms with E-state index in [1.165, 1.54) is 13.0 Å². The molecule has 18 heavy (non-hydrogen) atoms. The van der Waals surface area contributed by atoms with Crippen molar-refractivity contribution in [2.24, 2.45) is 0 Å². The lowest BCUT2D eigenvalue weighted by Crippen LogP contribution is -2.49. The van der Waals surface area contributed by atoms with Crippen LogP contribution < -0.4 is 4.74 Å². The number of hydrogen-bond acceptors (Lipinski definition) is 1. The fourth-order valence-corrected chi connectivity index (χ4v) is 2.96. The minimum absolute atomic E-state index is 0.175. The van der Waals surface area contributed by atoms with Crippen LogP contribution in [0.15, 0.2) is 18.2 Å². The lowest BCUT2D eigenvalue weighted by molar-refractivity contribution is -0.230. The van der Waals surface area contributed by atoms with E-state index < -0.39 is 11.8 Å². The van der Waals surface area contributed by atoms with Gasteiger partial charge in [-0.3, -0.25) is 0 Å². The summed E-state index contributed by atoms with van der Waals surface area (Å²) in [5, 5.41) is 0.474. The molecule has 0 bridgehead atoms. The predicted octanol–water partition coefficient (Wildman–Crippen LogP) is 5.06. The lowest BCUT2D eigenvalue weighted by Gasteiger charge is -2.36. The second-order valence-electron chi connectivity index (χ2n) is 3.98. The average molecular weight is 389 g/mol. The van der Waals surface area contributed by atoms with Crippen LogP contribution in [-0.2, 0) is 0 Å². The van der Waals surface area contributed by atoms with E-state index >= 15 is 0 Å². The number of benzene rings is 1. The summed E-state index contributed by atoms with van der Waals surface area (Å²) >= 11 is 7.78. The molecule has 0 amide bonds. The van der Waals surface area contributed by atoms with Gasteiger partial charge in [-0.15, -0.1) is 0 Å². The third kappa shape index (κ3) is 2.22. The molecule has 1 heterocycles. The highest BCUT2D eigenvalue weighted by Crippen LogP contribution is 2.45. The second-order valence-corrected chi connectivity index (χ2v) is 5.58. The van der Waals surface area contributed by atoms with Crippen LogP contribution in [0.3, 0.4) is 0 Å². The summed E-state index contributed by atoms with van der Waals surface area (Å²) < 4.78 is 45.1. The molecule has 2 rings (SSSR count). The van der Waals surface area contributed by atoms with Gasteiger partial charge in [-0.2, -0.15) is 13.2 Å². The first-order chi connectivity index (χ1) is 8.29. The van der Waals surface area contributed by atoms with Gasteiger partial charge in [0.2, 0.25) is 5.60 Å². The molecule has 1 atom stereocenters. The number of fused-ring (bicyclic) bond motifs is 1. The Bertz CT molecular complexity index is 513. The predicted molar refractivity (Wildman–Crippen MR) is 72.9 cm³/mol. The van der Waals surface area contributed by atoms with Crippen molar-refractivity contribution < 1.29 is 17.9 Å². The maximum atomic E-state index is 13.1. The van der Waals surface area contributed by atoms with Crippen molar-refractivity contribution in [2.75, 3.05) is 0 Å². The van der Waals surface area contributed by atoms with Gasteiger partial charge >= 0.3 is 6.18 Å². The maximum absolute atomic E-state index is 13.1. The van der Waals surface area contributed by atoms with E-state index in [-0.39, 0.29) is 12.2 Å². The average Bonchev–Trinajstić information content (AvgIpc) is 2.27. The first-order valence-corrected chi connectivity index (χ1v) is 6.69. The number of alkyl halides is 3. The quantitative estimate of drug-likeness (QED) is 0.611. The van der Waals surface area contributed by atoms with Crippen LogP contribution >= 0.6 is 34.2 Å². The zero-order valence-electron chi connectivity index (χ0n) is 9.31. The molecule has 1 aliphatic heterocycles. The number of hydrogen-bond donors (Lipinski definition) is 0. The van der Waals surface area contributed by atoms with Crippen molar-refractivity contribution in [3.05, 3.63) is 32.4 Å². The Morgan fingerprint density at radius 1 is 1.39 bits per heavy atom. The third-order valence-corrected chi connectivity index (χ3v) is 3.88. The molecule has 0 spiro atoms. The number of halogens is 5. The topological polar surface area (TPSA) is 9.23 Å². The molecule has 0 saturated heterocycles. The van der Waals surface area contributed by atoms with E-state index in [4.69, 9.17) is 16.3 Å². The van der Waals surface area contributed by atoms with Gasteiger partial charge in [0.05, 0.1) is 3.57 Å². The standard InChI is InChI=1S/C12H9ClF3IO/c1-2-11(12(14,15)16)4-3-7-5-8(13)6-9(17)10(7)18-11/h3-6H,2H2,1H3. The molecule has 0 N–H and O–H groups in total. The van der Waals surface area contributed by atoms with Crippen molar-refractivity contribution in [3.8, 4) is 5.75 Å². The highest BCUT2D eigenvalue weighted by Gasteiger charge is 2.55. The van der Waals surface area contributed by atoms with Crippen LogP contribution in [0.2, 0.25) is 5.02 Å². The Morgan fingerprint density at radius 2 is 2.06 bits per heavy atom. The molecule has 0 aromatic heterocycles. The molecular formula is C12H9ClF3IO. The summed E-state index contributed by atoms with van der Waals surface area (Å²) in [6.07, 6.45) is -2.14. The molecule has 0 saturated carbocycles. The van der Waals surface area contributed by atoms with Crippen molar-refractivity contribution in [1.29, 1.82) is 0 Å². The van der Waals surface area contributed by atoms with Gasteiger partial charge in [-0.1, -0.05) is 24.6 Å². The monoisotopic (exact) mass is 388 g/mol. The van der Waals surface area contributed by atoms with Crippen LogP contribution in [0.25, 0.3) is 6.08 Å². The highest BCUT2D eigenvalue weighted by molar-refractivity contribution is 14.1. The van der Waals surface area contributed by atoms with Gasteiger partial charge in [-0.05, 0) is 47.2 Å². The Labute approximate surface area is 121 Å². The van der Waals surface area contributed by atoms with Gasteiger partial charge in [0.25, 0.3) is 0 Å². The summed E-state index contributed by atoms with van der Waals surface area (Å²) in [6.45, 7) is 1.45. The number of rotatable bonds is 1. The highest BCUT2D eigenvalue weighted by atomic mass is 127. The first-order valence-electron chi connectivity index (χ1n) is 5.23. The molecule has 0 fully saturated rings. The summed E-state index contributed by atoms with van der Waals surface area (Å²) in [5.41, 5.74) is -1.67. The minimum atomic E-state index is -4.45. The zero-order chi connectivity index (χ0) is 13.6. The molecule has 1 unspecified atom stereocenters. The van der Waals surface area contributed by atoms with Gasteiger partial charge in [-0.25, -0.2) is 0 Å². The molecule has 1 nitrogen and oxygen atoms in total. The molecule has 98 valence electrons. The van der Waals surface area contributed by atoms with Crippen molar-refractivity contribution >= 4 is 40.3 Å². The summed E-state index contributed by atoms with van der Waals surface area (Å²) in [7, 11) is 0. The van der Waals surface area contributed by atoms with Crippen LogP contribution in [0.5, 0.6) is 5.75 Å². The van der Waals surface area contributed by atoms with Crippen LogP contribution in [-0.4, -0.2) is 11.8 Å². The third-order valence-electron chi connectivity index (χ3n) is 2.86. The van der Waals surface area contributed by atoms with Gasteiger partial charge < -0.3 is 4.74 Å². The SMILES string of the molecule is CCC1(C(F)(F)F)C=Cc2cc(Cl)cc(I)c2O1. The molecule has 1 aromatic carbocycles. The van der Waals surface area contributed by atoms with E-state index in [1.807, 2.05) is 22.6 Å². The fraction of sp³-hybridized carbons (Fsp3) is 0.333. The van der Waals surface area contributed by atoms with E-state index in [9.17, 15) is 13.2 Å². The lowest BCUT2D eigenvalue weighted by atomic mass is 9.95. The van der Waals surface area contributed by atoms with E-state index in [0.717, 1.165) is 6.08 Å². The van der Waals surface area contributed by atoms with Gasteiger partial charge in [0.15, 0.2) is 0 Å². The van der Waals surface area contributed by atoms with E-state index in [2.05, 4.69) is 0 Å². The van der Waals surface area contributed by atoms with Gasteiger partial charge in [0.1, 0.15) is 5.75 Å². The largest absolute Gasteiger partial charge is 0.472 e. The fourth-order valence-electron chi connectivity index (χ4n) is 1.80. The molecule has 1 aliphatic rings. The molecule has 0 aliphatic carbocycles. The Morgan fingerprint density at radius 3 is 2.61 bits per heavy atom. The first kappa shape index (κ1) is 14.0. The van der Waals surface area contributed by atoms with Crippen LogP contribution in [0.1, 0.15) is 18.9 Å². The van der Waals surface area contributed by atoms with Crippen molar-refractivity contribution in [2.45, 2.75) is 25.1 Å². The Kier molecular flexibility index (Phi) is 3.57. The molecule has 6 heteroatoms. The van der Waals surface area contributed by atoms with Crippen LogP contribution in [0.4, 0.5) is 13.2 Å². The maximum Gasteiger partial charge on any atom is 0.432 e. The van der Waals surface area contributed by atoms with Crippen LogP contribution in [0, 0.1) is 3.57 Å². The smallest absolute Gasteiger partial charge is 0.432 e.